The molecule has 0 aromatic heterocycles. The van der Waals surface area contributed by atoms with Crippen LogP contribution in [0.25, 0.3) is 0 Å². The Kier molecular flexibility index (Phi) is 2.35. The molecular formula is C15H18O. The lowest BCUT2D eigenvalue weighted by Gasteiger charge is -2.46. The fourth-order valence-corrected chi connectivity index (χ4v) is 3.05. The Hall–Kier alpha value is -1.29. The number of hydrogen-bond donors (Lipinski definition) is 0. The number of ketones is 1. The van der Waals surface area contributed by atoms with E-state index in [1.165, 1.54) is 0 Å². The summed E-state index contributed by atoms with van der Waals surface area (Å²) in [5, 5.41) is 0. The highest BCUT2D eigenvalue weighted by Crippen LogP contribution is 2.51. The zero-order valence-electron chi connectivity index (χ0n) is 10.0. The lowest BCUT2D eigenvalue weighted by molar-refractivity contribution is -0.132. The van der Waals surface area contributed by atoms with Gasteiger partial charge in [0.15, 0.2) is 5.78 Å². The first-order valence-corrected chi connectivity index (χ1v) is 5.78. The van der Waals surface area contributed by atoms with Crippen LogP contribution in [0, 0.1) is 29.1 Å². The molecule has 0 aromatic rings. The summed E-state index contributed by atoms with van der Waals surface area (Å²) in [4.78, 5) is 12.3. The number of allylic oxidation sites excluding steroid dienone is 3. The minimum absolute atomic E-state index is 0.0769. The Morgan fingerprint density at radius 1 is 1.56 bits per heavy atom. The zero-order chi connectivity index (χ0) is 12.0. The second-order valence-corrected chi connectivity index (χ2v) is 5.87. The van der Waals surface area contributed by atoms with E-state index in [4.69, 9.17) is 6.42 Å². The van der Waals surface area contributed by atoms with Crippen LogP contribution in [0.1, 0.15) is 33.1 Å². The van der Waals surface area contributed by atoms with Crippen molar-refractivity contribution in [3.63, 3.8) is 0 Å². The van der Waals surface area contributed by atoms with Crippen molar-refractivity contribution in [2.45, 2.75) is 33.1 Å². The first kappa shape index (κ1) is 11.2. The summed E-state index contributed by atoms with van der Waals surface area (Å²) < 4.78 is 0. The molecule has 2 rings (SSSR count). The smallest absolute Gasteiger partial charge is 0.155 e. The summed E-state index contributed by atoms with van der Waals surface area (Å²) in [6, 6.07) is 0. The molecule has 0 saturated heterocycles. The largest absolute Gasteiger partial charge is 0.298 e. The molecule has 0 aliphatic heterocycles. The molecule has 0 heterocycles. The molecule has 0 aromatic carbocycles. The molecule has 0 spiro atoms. The highest BCUT2D eigenvalue weighted by molar-refractivity contribution is 5.92. The highest BCUT2D eigenvalue weighted by atomic mass is 16.1. The molecule has 0 bridgehead atoms. The first-order valence-electron chi connectivity index (χ1n) is 5.78. The van der Waals surface area contributed by atoms with Crippen LogP contribution in [-0.2, 0) is 4.79 Å². The third-order valence-corrected chi connectivity index (χ3v) is 3.87. The lowest BCUT2D eigenvalue weighted by atomic mass is 9.55. The van der Waals surface area contributed by atoms with Crippen LogP contribution in [0.3, 0.4) is 0 Å². The lowest BCUT2D eigenvalue weighted by Crippen LogP contribution is -2.46. The molecule has 2 aliphatic rings. The van der Waals surface area contributed by atoms with Crippen molar-refractivity contribution in [2.24, 2.45) is 16.7 Å². The molecule has 1 nitrogen and oxygen atoms in total. The van der Waals surface area contributed by atoms with E-state index in [9.17, 15) is 4.79 Å². The molecule has 0 radical (unpaired) electrons. The quantitative estimate of drug-likeness (QED) is 0.566. The highest BCUT2D eigenvalue weighted by Gasteiger charge is 2.50. The summed E-state index contributed by atoms with van der Waals surface area (Å²) in [7, 11) is 0. The first-order chi connectivity index (χ1) is 7.39. The third kappa shape index (κ3) is 1.53. The molecular weight excluding hydrogens is 196 g/mol. The van der Waals surface area contributed by atoms with Gasteiger partial charge in [0.1, 0.15) is 5.41 Å². The number of fused-ring (bicyclic) bond motifs is 1. The Morgan fingerprint density at radius 2 is 2.25 bits per heavy atom. The fourth-order valence-electron chi connectivity index (χ4n) is 3.05. The number of hydrogen-bond acceptors (Lipinski definition) is 1. The predicted molar refractivity (Wildman–Crippen MR) is 65.7 cm³/mol. The fraction of sp³-hybridized carbons (Fsp3) is 0.533. The average molecular weight is 214 g/mol. The molecule has 1 saturated carbocycles. The number of Topliss-reactive ketones (excluding diaryl/α,β-unsaturated/α-hetero) is 1. The maximum atomic E-state index is 12.3. The number of carbonyl (C=O) groups excluding carboxylic acids is 1. The van der Waals surface area contributed by atoms with E-state index in [-0.39, 0.29) is 17.1 Å². The van der Waals surface area contributed by atoms with Crippen molar-refractivity contribution in [3.8, 4) is 12.3 Å². The Bertz CT molecular complexity index is 419. The van der Waals surface area contributed by atoms with E-state index in [1.807, 2.05) is 12.2 Å². The normalized spacial score (nSPS) is 36.7. The van der Waals surface area contributed by atoms with Crippen molar-refractivity contribution in [3.05, 3.63) is 24.3 Å². The van der Waals surface area contributed by atoms with Crippen LogP contribution >= 0.6 is 0 Å². The number of terminal acetylenes is 1. The molecule has 1 fully saturated rings. The molecule has 2 aliphatic carbocycles. The van der Waals surface area contributed by atoms with Gasteiger partial charge in [-0.3, -0.25) is 4.79 Å². The van der Waals surface area contributed by atoms with Gasteiger partial charge < -0.3 is 0 Å². The second-order valence-electron chi connectivity index (χ2n) is 5.87. The Balaban J connectivity index is 2.46. The van der Waals surface area contributed by atoms with E-state index in [0.717, 1.165) is 18.4 Å². The maximum Gasteiger partial charge on any atom is 0.155 e. The standard InChI is InChI=1S/C15H18O/c1-5-15-7-6-11(2)8-12(15)9-14(3,4)10-13(15)16/h1,6-7,12H,2,8-10H2,3-4H3. The summed E-state index contributed by atoms with van der Waals surface area (Å²) in [6.45, 7) is 8.27. The molecule has 2 atom stereocenters. The van der Waals surface area contributed by atoms with Gasteiger partial charge in [0.2, 0.25) is 0 Å². The van der Waals surface area contributed by atoms with Crippen molar-refractivity contribution in [1.29, 1.82) is 0 Å². The minimum atomic E-state index is -0.642. The molecule has 84 valence electrons. The summed E-state index contributed by atoms with van der Waals surface area (Å²) in [6.07, 6.45) is 11.9. The summed E-state index contributed by atoms with van der Waals surface area (Å²) >= 11 is 0. The van der Waals surface area contributed by atoms with E-state index >= 15 is 0 Å². The van der Waals surface area contributed by atoms with E-state index < -0.39 is 5.41 Å². The molecule has 16 heavy (non-hydrogen) atoms. The monoisotopic (exact) mass is 214 g/mol. The third-order valence-electron chi connectivity index (χ3n) is 3.87. The van der Waals surface area contributed by atoms with E-state index in [1.54, 1.807) is 0 Å². The van der Waals surface area contributed by atoms with Gasteiger partial charge in [-0.15, -0.1) is 6.42 Å². The van der Waals surface area contributed by atoms with E-state index in [2.05, 4.69) is 26.3 Å². The summed E-state index contributed by atoms with van der Waals surface area (Å²) in [5.41, 5.74) is 0.519. The van der Waals surface area contributed by atoms with Crippen molar-refractivity contribution < 1.29 is 4.79 Å². The van der Waals surface area contributed by atoms with Crippen molar-refractivity contribution in [2.75, 3.05) is 0 Å². The Morgan fingerprint density at radius 3 is 2.88 bits per heavy atom. The van der Waals surface area contributed by atoms with Crippen LogP contribution < -0.4 is 0 Å². The topological polar surface area (TPSA) is 17.1 Å². The van der Waals surface area contributed by atoms with Crippen LogP contribution in [0.5, 0.6) is 0 Å². The predicted octanol–water partition coefficient (Wildman–Crippen LogP) is 3.13. The molecule has 1 heteroatoms. The van der Waals surface area contributed by atoms with Crippen LogP contribution in [-0.4, -0.2) is 5.78 Å². The molecule has 0 N–H and O–H groups in total. The van der Waals surface area contributed by atoms with Gasteiger partial charge in [-0.1, -0.05) is 44.1 Å². The zero-order valence-corrected chi connectivity index (χ0v) is 10.0. The molecule has 2 unspecified atom stereocenters. The van der Waals surface area contributed by atoms with Crippen molar-refractivity contribution in [1.82, 2.24) is 0 Å². The second kappa shape index (κ2) is 3.35. The van der Waals surface area contributed by atoms with Crippen LogP contribution in [0.4, 0.5) is 0 Å². The van der Waals surface area contributed by atoms with Gasteiger partial charge in [0.05, 0.1) is 0 Å². The SMILES string of the molecule is C#CC12C=CC(=C)CC1CC(C)(C)CC2=O. The minimum Gasteiger partial charge on any atom is -0.298 e. The van der Waals surface area contributed by atoms with Gasteiger partial charge in [0, 0.05) is 6.42 Å². The van der Waals surface area contributed by atoms with Crippen molar-refractivity contribution >= 4 is 5.78 Å². The van der Waals surface area contributed by atoms with Gasteiger partial charge >= 0.3 is 0 Å². The van der Waals surface area contributed by atoms with Crippen LogP contribution in [0.15, 0.2) is 24.3 Å². The number of rotatable bonds is 0. The number of carbonyl (C=O) groups is 1. The maximum absolute atomic E-state index is 12.3. The van der Waals surface area contributed by atoms with Gasteiger partial charge in [-0.2, -0.15) is 0 Å². The summed E-state index contributed by atoms with van der Waals surface area (Å²) in [5.74, 6) is 3.20. The van der Waals surface area contributed by atoms with Gasteiger partial charge in [0.25, 0.3) is 0 Å². The van der Waals surface area contributed by atoms with Gasteiger partial charge in [-0.05, 0) is 24.2 Å². The van der Waals surface area contributed by atoms with E-state index in [0.29, 0.717) is 6.42 Å². The van der Waals surface area contributed by atoms with Crippen LogP contribution in [0.2, 0.25) is 0 Å². The Labute approximate surface area is 97.6 Å². The average Bonchev–Trinajstić information content (AvgIpc) is 2.15. The van der Waals surface area contributed by atoms with Gasteiger partial charge in [-0.25, -0.2) is 0 Å². The molecule has 0 amide bonds.